The summed E-state index contributed by atoms with van der Waals surface area (Å²) in [6.07, 6.45) is 6.73. The molecule has 1 atom stereocenters. The van der Waals surface area contributed by atoms with Gasteiger partial charge in [0.15, 0.2) is 0 Å². The quantitative estimate of drug-likeness (QED) is 0.460. The first-order valence-electron chi connectivity index (χ1n) is 10.8. The molecule has 1 unspecified atom stereocenters. The molecule has 4 rings (SSSR count). The number of fused-ring (bicyclic) bond motifs is 1. The van der Waals surface area contributed by atoms with Gasteiger partial charge >= 0.3 is 0 Å². The van der Waals surface area contributed by atoms with Crippen molar-refractivity contribution >= 4 is 10.9 Å². The molecule has 31 heavy (non-hydrogen) atoms. The van der Waals surface area contributed by atoms with Crippen molar-refractivity contribution in [1.82, 2.24) is 9.88 Å². The molecular formula is C27H29FN2O. The maximum absolute atomic E-state index is 14.6. The van der Waals surface area contributed by atoms with Crippen LogP contribution in [0.3, 0.4) is 0 Å². The number of H-pyrrole nitrogens is 1. The molecule has 1 saturated heterocycles. The lowest BCUT2D eigenvalue weighted by molar-refractivity contribution is 0.0235. The van der Waals surface area contributed by atoms with Gasteiger partial charge in [0.25, 0.3) is 0 Å². The third kappa shape index (κ3) is 4.71. The van der Waals surface area contributed by atoms with Crippen LogP contribution in [0.2, 0.25) is 0 Å². The summed E-state index contributed by atoms with van der Waals surface area (Å²) >= 11 is 0. The van der Waals surface area contributed by atoms with Crippen LogP contribution in [-0.2, 0) is 4.74 Å². The van der Waals surface area contributed by atoms with Crippen LogP contribution in [0.4, 0.5) is 4.39 Å². The van der Waals surface area contributed by atoms with Crippen molar-refractivity contribution < 1.29 is 9.13 Å². The number of benzene rings is 2. The Bertz CT molecular complexity index is 1100. The van der Waals surface area contributed by atoms with Crippen molar-refractivity contribution in [2.75, 3.05) is 26.3 Å². The van der Waals surface area contributed by atoms with Crippen LogP contribution in [0.25, 0.3) is 22.2 Å². The number of rotatable bonds is 6. The summed E-state index contributed by atoms with van der Waals surface area (Å²) in [6, 6.07) is 18.7. The lowest BCUT2D eigenvalue weighted by Crippen LogP contribution is -2.39. The highest BCUT2D eigenvalue weighted by Crippen LogP contribution is 2.41. The molecule has 0 saturated carbocycles. The Balaban J connectivity index is 1.91. The first-order valence-corrected chi connectivity index (χ1v) is 10.8. The summed E-state index contributed by atoms with van der Waals surface area (Å²) in [5, 5.41) is 1.17. The number of nitrogens with one attached hydrogen (secondary N) is 1. The number of para-hydroxylation sites is 1. The number of aromatic nitrogens is 1. The zero-order valence-electron chi connectivity index (χ0n) is 18.1. The maximum atomic E-state index is 14.6. The minimum atomic E-state index is -0.241. The van der Waals surface area contributed by atoms with E-state index in [-0.39, 0.29) is 11.9 Å². The molecule has 0 aliphatic carbocycles. The molecule has 0 spiro atoms. The van der Waals surface area contributed by atoms with Gasteiger partial charge in [-0.2, -0.15) is 0 Å². The van der Waals surface area contributed by atoms with Gasteiger partial charge in [-0.25, -0.2) is 4.39 Å². The van der Waals surface area contributed by atoms with Gasteiger partial charge in [-0.05, 0) is 43.2 Å². The van der Waals surface area contributed by atoms with Crippen molar-refractivity contribution in [2.24, 2.45) is 0 Å². The van der Waals surface area contributed by atoms with Gasteiger partial charge in [-0.15, -0.1) is 0 Å². The Morgan fingerprint density at radius 3 is 2.52 bits per heavy atom. The summed E-state index contributed by atoms with van der Waals surface area (Å²) in [7, 11) is 0. The average Bonchev–Trinajstić information content (AvgIpc) is 3.18. The van der Waals surface area contributed by atoms with E-state index < -0.39 is 0 Å². The molecule has 1 aromatic heterocycles. The molecule has 2 heterocycles. The van der Waals surface area contributed by atoms with Crippen molar-refractivity contribution in [2.45, 2.75) is 19.9 Å². The molecule has 1 aliphatic rings. The lowest BCUT2D eigenvalue weighted by atomic mass is 9.92. The minimum Gasteiger partial charge on any atom is -0.379 e. The fourth-order valence-corrected chi connectivity index (χ4v) is 4.35. The highest BCUT2D eigenvalue weighted by Gasteiger charge is 2.29. The second-order valence-corrected chi connectivity index (χ2v) is 7.84. The van der Waals surface area contributed by atoms with Crippen molar-refractivity contribution in [3.05, 3.63) is 95.9 Å². The fraction of sp³-hybridized carbons (Fsp3) is 0.259. The van der Waals surface area contributed by atoms with Gasteiger partial charge in [0, 0.05) is 29.6 Å². The molecule has 0 bridgehead atoms. The molecule has 3 nitrogen and oxygen atoms in total. The predicted molar refractivity (Wildman–Crippen MR) is 127 cm³/mol. The molecule has 3 aromatic rings. The van der Waals surface area contributed by atoms with E-state index in [9.17, 15) is 4.39 Å². The van der Waals surface area contributed by atoms with E-state index in [0.29, 0.717) is 13.2 Å². The van der Waals surface area contributed by atoms with Gasteiger partial charge in [0.2, 0.25) is 0 Å². The van der Waals surface area contributed by atoms with E-state index in [1.54, 1.807) is 12.2 Å². The molecule has 160 valence electrons. The molecule has 2 aromatic carbocycles. The normalized spacial score (nSPS) is 17.5. The Morgan fingerprint density at radius 1 is 1.06 bits per heavy atom. The zero-order chi connectivity index (χ0) is 21.6. The first kappa shape index (κ1) is 21.3. The van der Waals surface area contributed by atoms with Crippen molar-refractivity contribution in [3.63, 3.8) is 0 Å². The lowest BCUT2D eigenvalue weighted by Gasteiger charge is -2.36. The van der Waals surface area contributed by atoms with Crippen LogP contribution >= 0.6 is 0 Å². The summed E-state index contributed by atoms with van der Waals surface area (Å²) in [6.45, 7) is 6.90. The maximum Gasteiger partial charge on any atom is 0.123 e. The number of allylic oxidation sites excluding steroid dienone is 5. The third-order valence-corrected chi connectivity index (χ3v) is 5.74. The van der Waals surface area contributed by atoms with E-state index in [2.05, 4.69) is 52.3 Å². The summed E-state index contributed by atoms with van der Waals surface area (Å²) in [5.41, 5.74) is 5.47. The SMILES string of the molecule is C\C=C/C=C(F)\C=C(/C)C(c1c(-c2ccccc2)[nH]c2ccccc12)N1CCOCC1. The van der Waals surface area contributed by atoms with Crippen LogP contribution in [0.5, 0.6) is 0 Å². The number of hydrogen-bond acceptors (Lipinski definition) is 2. The molecule has 1 aliphatic heterocycles. The number of morpholine rings is 1. The summed E-state index contributed by atoms with van der Waals surface area (Å²) < 4.78 is 20.2. The predicted octanol–water partition coefficient (Wildman–Crippen LogP) is 6.58. The molecular weight excluding hydrogens is 387 g/mol. The van der Waals surface area contributed by atoms with Gasteiger partial charge in [-0.1, -0.05) is 60.7 Å². The van der Waals surface area contributed by atoms with E-state index in [1.807, 2.05) is 32.1 Å². The van der Waals surface area contributed by atoms with E-state index >= 15 is 0 Å². The van der Waals surface area contributed by atoms with E-state index in [0.717, 1.165) is 35.4 Å². The second-order valence-electron chi connectivity index (χ2n) is 7.84. The van der Waals surface area contributed by atoms with Gasteiger partial charge in [0.1, 0.15) is 5.83 Å². The topological polar surface area (TPSA) is 28.3 Å². The van der Waals surface area contributed by atoms with Gasteiger partial charge in [0.05, 0.1) is 24.9 Å². The van der Waals surface area contributed by atoms with Crippen LogP contribution in [-0.4, -0.2) is 36.2 Å². The largest absolute Gasteiger partial charge is 0.379 e. The molecule has 1 fully saturated rings. The smallest absolute Gasteiger partial charge is 0.123 e. The number of nitrogens with zero attached hydrogens (tertiary/aromatic N) is 1. The Morgan fingerprint density at radius 2 is 1.77 bits per heavy atom. The van der Waals surface area contributed by atoms with E-state index in [1.165, 1.54) is 17.0 Å². The Hall–Kier alpha value is -2.95. The standard InChI is InChI=1S/C27H29FN2O/c1-3-4-12-22(28)19-20(2)27(30-15-17-31-18-16-30)25-23-13-8-9-14-24(23)29-26(25)21-10-6-5-7-11-21/h3-14,19,27,29H,15-18H2,1-2H3/b4-3-,20-19+,22-12+. The van der Waals surface area contributed by atoms with Gasteiger partial charge in [-0.3, -0.25) is 4.90 Å². The van der Waals surface area contributed by atoms with Crippen LogP contribution < -0.4 is 0 Å². The summed E-state index contributed by atoms with van der Waals surface area (Å²) in [5.74, 6) is -0.241. The van der Waals surface area contributed by atoms with Crippen LogP contribution in [0.1, 0.15) is 25.5 Å². The monoisotopic (exact) mass is 416 g/mol. The number of halogens is 1. The van der Waals surface area contributed by atoms with Crippen LogP contribution in [0.15, 0.2) is 90.3 Å². The van der Waals surface area contributed by atoms with Crippen molar-refractivity contribution in [1.29, 1.82) is 0 Å². The second kappa shape index (κ2) is 9.90. The van der Waals surface area contributed by atoms with Crippen LogP contribution in [0, 0.1) is 0 Å². The Kier molecular flexibility index (Phi) is 6.80. The fourth-order valence-electron chi connectivity index (χ4n) is 4.35. The highest BCUT2D eigenvalue weighted by atomic mass is 19.1. The van der Waals surface area contributed by atoms with E-state index in [4.69, 9.17) is 4.74 Å². The average molecular weight is 417 g/mol. The Labute approximate surface area is 183 Å². The number of hydrogen-bond donors (Lipinski definition) is 1. The molecule has 1 N–H and O–H groups in total. The third-order valence-electron chi connectivity index (χ3n) is 5.74. The number of aromatic amines is 1. The minimum absolute atomic E-state index is 0.0555. The highest BCUT2D eigenvalue weighted by molar-refractivity contribution is 5.91. The van der Waals surface area contributed by atoms with Gasteiger partial charge < -0.3 is 9.72 Å². The summed E-state index contributed by atoms with van der Waals surface area (Å²) in [4.78, 5) is 6.04. The molecule has 4 heteroatoms. The molecule has 0 amide bonds. The zero-order valence-corrected chi connectivity index (χ0v) is 18.1. The van der Waals surface area contributed by atoms with Crippen molar-refractivity contribution in [3.8, 4) is 11.3 Å². The first-order chi connectivity index (χ1) is 15.2. The number of ether oxygens (including phenoxy) is 1. The molecule has 0 radical (unpaired) electrons.